The Labute approximate surface area is 94.7 Å². The van der Waals surface area contributed by atoms with E-state index < -0.39 is 0 Å². The first-order valence-electron chi connectivity index (χ1n) is 5.22. The highest BCUT2D eigenvalue weighted by atomic mass is 16.1. The first kappa shape index (κ1) is 10.6. The lowest BCUT2D eigenvalue weighted by atomic mass is 10.0. The summed E-state index contributed by atoms with van der Waals surface area (Å²) in [5, 5.41) is 4.13. The minimum Gasteiger partial charge on any atom is -0.300 e. The second kappa shape index (κ2) is 4.31. The fraction of sp³-hybridized carbons (Fsp3) is 0.231. The Morgan fingerprint density at radius 3 is 2.44 bits per heavy atom. The Balaban J connectivity index is 2.22. The average molecular weight is 214 g/mol. The van der Waals surface area contributed by atoms with Crippen molar-refractivity contribution in [3.8, 4) is 11.1 Å². The van der Waals surface area contributed by atoms with E-state index in [-0.39, 0.29) is 5.78 Å². The van der Waals surface area contributed by atoms with Crippen LogP contribution in [-0.2, 0) is 18.3 Å². The second-order valence-electron chi connectivity index (χ2n) is 3.98. The smallest absolute Gasteiger partial charge is 0.134 e. The van der Waals surface area contributed by atoms with Crippen LogP contribution in [0.15, 0.2) is 36.7 Å². The summed E-state index contributed by atoms with van der Waals surface area (Å²) >= 11 is 0. The Bertz CT molecular complexity index is 497. The van der Waals surface area contributed by atoms with Gasteiger partial charge in [0.05, 0.1) is 6.20 Å². The zero-order valence-electron chi connectivity index (χ0n) is 9.47. The van der Waals surface area contributed by atoms with Gasteiger partial charge in [-0.15, -0.1) is 0 Å². The largest absolute Gasteiger partial charge is 0.300 e. The van der Waals surface area contributed by atoms with E-state index in [9.17, 15) is 4.79 Å². The molecule has 0 atom stereocenters. The van der Waals surface area contributed by atoms with E-state index in [1.807, 2.05) is 43.7 Å². The maximum Gasteiger partial charge on any atom is 0.134 e. The molecular weight excluding hydrogens is 200 g/mol. The Morgan fingerprint density at radius 1 is 1.25 bits per heavy atom. The quantitative estimate of drug-likeness (QED) is 0.785. The number of carbonyl (C=O) groups is 1. The lowest BCUT2D eigenvalue weighted by Crippen LogP contribution is -1.95. The lowest BCUT2D eigenvalue weighted by Gasteiger charge is -2.00. The molecule has 0 saturated heterocycles. The third-order valence-electron chi connectivity index (χ3n) is 2.45. The van der Waals surface area contributed by atoms with Gasteiger partial charge in [-0.3, -0.25) is 9.48 Å². The van der Waals surface area contributed by atoms with Crippen LogP contribution in [0.25, 0.3) is 11.1 Å². The molecule has 0 spiro atoms. The fourth-order valence-corrected chi connectivity index (χ4v) is 1.67. The van der Waals surface area contributed by atoms with Gasteiger partial charge in [0, 0.05) is 25.2 Å². The van der Waals surface area contributed by atoms with E-state index in [0.717, 1.165) is 16.7 Å². The first-order valence-corrected chi connectivity index (χ1v) is 5.22. The summed E-state index contributed by atoms with van der Waals surface area (Å²) in [5.74, 6) is 0.189. The van der Waals surface area contributed by atoms with E-state index >= 15 is 0 Å². The van der Waals surface area contributed by atoms with Crippen LogP contribution < -0.4 is 0 Å². The van der Waals surface area contributed by atoms with E-state index in [1.54, 1.807) is 11.6 Å². The minimum absolute atomic E-state index is 0.189. The normalized spacial score (nSPS) is 10.4. The maximum absolute atomic E-state index is 11.0. The Kier molecular flexibility index (Phi) is 2.86. The van der Waals surface area contributed by atoms with Crippen molar-refractivity contribution in [2.75, 3.05) is 0 Å². The SMILES string of the molecule is CC(=O)Cc1ccc(-c2cnn(C)c2)cc1. The molecule has 0 N–H and O–H groups in total. The molecule has 1 aromatic heterocycles. The standard InChI is InChI=1S/C13H14N2O/c1-10(16)7-11-3-5-12(6-4-11)13-8-14-15(2)9-13/h3-6,8-9H,7H2,1-2H3. The van der Waals surface area contributed by atoms with E-state index in [0.29, 0.717) is 6.42 Å². The molecule has 3 heteroatoms. The van der Waals surface area contributed by atoms with Crippen molar-refractivity contribution < 1.29 is 4.79 Å². The summed E-state index contributed by atoms with van der Waals surface area (Å²) in [4.78, 5) is 11.0. The molecule has 2 aromatic rings. The van der Waals surface area contributed by atoms with Gasteiger partial charge in [-0.2, -0.15) is 5.10 Å². The zero-order chi connectivity index (χ0) is 11.5. The number of ketones is 1. The molecule has 0 amide bonds. The summed E-state index contributed by atoms with van der Waals surface area (Å²) in [7, 11) is 1.90. The number of benzene rings is 1. The van der Waals surface area contributed by atoms with E-state index in [4.69, 9.17) is 0 Å². The Hall–Kier alpha value is -1.90. The van der Waals surface area contributed by atoms with Crippen LogP contribution >= 0.6 is 0 Å². The van der Waals surface area contributed by atoms with Gasteiger partial charge in [0.15, 0.2) is 0 Å². The van der Waals surface area contributed by atoms with Crippen molar-refractivity contribution in [2.24, 2.45) is 7.05 Å². The monoisotopic (exact) mass is 214 g/mol. The summed E-state index contributed by atoms with van der Waals surface area (Å²) in [6.45, 7) is 1.61. The number of hydrogen-bond acceptors (Lipinski definition) is 2. The number of Topliss-reactive ketones (excluding diaryl/α,β-unsaturated/α-hetero) is 1. The van der Waals surface area contributed by atoms with Crippen LogP contribution in [0, 0.1) is 0 Å². The van der Waals surface area contributed by atoms with Gasteiger partial charge in [0.25, 0.3) is 0 Å². The van der Waals surface area contributed by atoms with Crippen LogP contribution in [0.3, 0.4) is 0 Å². The number of aromatic nitrogens is 2. The van der Waals surface area contributed by atoms with Crippen LogP contribution in [0.1, 0.15) is 12.5 Å². The van der Waals surface area contributed by atoms with Gasteiger partial charge in [0.2, 0.25) is 0 Å². The third-order valence-corrected chi connectivity index (χ3v) is 2.45. The zero-order valence-corrected chi connectivity index (χ0v) is 9.47. The molecule has 0 unspecified atom stereocenters. The van der Waals surface area contributed by atoms with E-state index in [1.165, 1.54) is 0 Å². The number of carbonyl (C=O) groups excluding carboxylic acids is 1. The summed E-state index contributed by atoms with van der Waals surface area (Å²) in [6.07, 6.45) is 4.31. The molecule has 1 heterocycles. The van der Waals surface area contributed by atoms with Gasteiger partial charge >= 0.3 is 0 Å². The summed E-state index contributed by atoms with van der Waals surface area (Å²) < 4.78 is 1.78. The molecule has 82 valence electrons. The second-order valence-corrected chi connectivity index (χ2v) is 3.98. The molecular formula is C13H14N2O. The predicted octanol–water partition coefficient (Wildman–Crippen LogP) is 2.22. The van der Waals surface area contributed by atoms with Crippen molar-refractivity contribution in [1.82, 2.24) is 9.78 Å². The van der Waals surface area contributed by atoms with E-state index in [2.05, 4.69) is 5.10 Å². The summed E-state index contributed by atoms with van der Waals surface area (Å²) in [5.41, 5.74) is 3.28. The lowest BCUT2D eigenvalue weighted by molar-refractivity contribution is -0.116. The highest BCUT2D eigenvalue weighted by molar-refractivity contribution is 5.78. The van der Waals surface area contributed by atoms with Gasteiger partial charge in [-0.05, 0) is 18.1 Å². The minimum atomic E-state index is 0.189. The number of nitrogens with zero attached hydrogens (tertiary/aromatic N) is 2. The topological polar surface area (TPSA) is 34.9 Å². The molecule has 0 aliphatic carbocycles. The van der Waals surface area contributed by atoms with Crippen LogP contribution in [-0.4, -0.2) is 15.6 Å². The molecule has 2 rings (SSSR count). The van der Waals surface area contributed by atoms with Crippen LogP contribution in [0.5, 0.6) is 0 Å². The van der Waals surface area contributed by atoms with Crippen molar-refractivity contribution in [3.63, 3.8) is 0 Å². The molecule has 0 bridgehead atoms. The highest BCUT2D eigenvalue weighted by Crippen LogP contribution is 2.18. The molecule has 0 aliphatic rings. The van der Waals surface area contributed by atoms with Gasteiger partial charge in [0.1, 0.15) is 5.78 Å². The molecule has 3 nitrogen and oxygen atoms in total. The number of aryl methyl sites for hydroxylation is 1. The van der Waals surface area contributed by atoms with Crippen LogP contribution in [0.4, 0.5) is 0 Å². The molecule has 0 aliphatic heterocycles. The maximum atomic E-state index is 11.0. The molecule has 16 heavy (non-hydrogen) atoms. The first-order chi connectivity index (χ1) is 7.65. The van der Waals surface area contributed by atoms with Gasteiger partial charge in [-0.25, -0.2) is 0 Å². The number of hydrogen-bond donors (Lipinski definition) is 0. The molecule has 0 saturated carbocycles. The molecule has 0 fully saturated rings. The summed E-state index contributed by atoms with van der Waals surface area (Å²) in [6, 6.07) is 8.03. The van der Waals surface area contributed by atoms with Gasteiger partial charge in [-0.1, -0.05) is 24.3 Å². The third kappa shape index (κ3) is 2.37. The van der Waals surface area contributed by atoms with Crippen molar-refractivity contribution in [2.45, 2.75) is 13.3 Å². The fourth-order valence-electron chi connectivity index (χ4n) is 1.67. The average Bonchev–Trinajstić information content (AvgIpc) is 2.65. The van der Waals surface area contributed by atoms with Crippen LogP contribution in [0.2, 0.25) is 0 Å². The Morgan fingerprint density at radius 2 is 1.94 bits per heavy atom. The molecule has 0 radical (unpaired) electrons. The van der Waals surface area contributed by atoms with Crippen molar-refractivity contribution in [3.05, 3.63) is 42.2 Å². The van der Waals surface area contributed by atoms with Crippen molar-refractivity contribution >= 4 is 5.78 Å². The number of rotatable bonds is 3. The van der Waals surface area contributed by atoms with Gasteiger partial charge < -0.3 is 0 Å². The predicted molar refractivity (Wildman–Crippen MR) is 63.0 cm³/mol. The molecule has 1 aromatic carbocycles. The highest BCUT2D eigenvalue weighted by Gasteiger charge is 2.01. The van der Waals surface area contributed by atoms with Crippen molar-refractivity contribution in [1.29, 1.82) is 0 Å².